The average Bonchev–Trinajstić information content (AvgIpc) is 2.87. The van der Waals surface area contributed by atoms with Crippen LogP contribution in [0.25, 0.3) is 16.7 Å². The first-order chi connectivity index (χ1) is 12.5. The molecular formula is C18H11F6NO2. The van der Waals surface area contributed by atoms with Gasteiger partial charge in [-0.15, -0.1) is 0 Å². The molecule has 0 spiro atoms. The molecule has 1 aliphatic rings. The van der Waals surface area contributed by atoms with Gasteiger partial charge in [0.15, 0.2) is 12.2 Å². The molecule has 1 aromatic carbocycles. The van der Waals surface area contributed by atoms with Crippen LogP contribution in [0.4, 0.5) is 26.3 Å². The summed E-state index contributed by atoms with van der Waals surface area (Å²) in [6.07, 6.45) is -3.47. The van der Waals surface area contributed by atoms with Gasteiger partial charge in [0.25, 0.3) is 0 Å². The third-order valence-corrected chi connectivity index (χ3v) is 3.49. The standard InChI is InChI=1S/C18H11F6NO2/c1-10-3-2-4-12(15(7-10)26-9-17(19,20)21)16-25-13-8-11(18(22,23)24)5-6-14(13)27-16/h2-8H,1,9H2. The summed E-state index contributed by atoms with van der Waals surface area (Å²) >= 11 is 0. The Labute approximate surface area is 148 Å². The number of allylic oxidation sites excluding steroid dienone is 6. The van der Waals surface area contributed by atoms with Crippen molar-refractivity contribution in [1.82, 2.24) is 4.98 Å². The Morgan fingerprint density at radius 2 is 1.85 bits per heavy atom. The molecule has 0 saturated heterocycles. The second kappa shape index (κ2) is 6.64. The summed E-state index contributed by atoms with van der Waals surface area (Å²) in [4.78, 5) is 3.97. The average molecular weight is 387 g/mol. The first-order valence-corrected chi connectivity index (χ1v) is 7.50. The molecule has 0 atom stereocenters. The number of aromatic nitrogens is 1. The molecule has 0 saturated carbocycles. The van der Waals surface area contributed by atoms with Crippen LogP contribution in [-0.4, -0.2) is 17.8 Å². The first kappa shape index (κ1) is 18.8. The maximum absolute atomic E-state index is 12.8. The maximum atomic E-state index is 12.8. The maximum Gasteiger partial charge on any atom is 0.422 e. The fourth-order valence-corrected chi connectivity index (χ4v) is 2.32. The van der Waals surface area contributed by atoms with Crippen molar-refractivity contribution in [3.8, 4) is 0 Å². The second-order valence-corrected chi connectivity index (χ2v) is 5.63. The number of ether oxygens (including phenoxy) is 1. The van der Waals surface area contributed by atoms with Crippen molar-refractivity contribution in [2.45, 2.75) is 12.4 Å². The van der Waals surface area contributed by atoms with E-state index in [0.29, 0.717) is 5.57 Å². The number of nitrogens with zero attached hydrogens (tertiary/aromatic N) is 1. The minimum absolute atomic E-state index is 0.0545. The first-order valence-electron chi connectivity index (χ1n) is 7.50. The van der Waals surface area contributed by atoms with E-state index in [-0.39, 0.29) is 28.3 Å². The highest BCUT2D eigenvalue weighted by atomic mass is 19.4. The van der Waals surface area contributed by atoms with E-state index >= 15 is 0 Å². The highest BCUT2D eigenvalue weighted by molar-refractivity contribution is 5.81. The van der Waals surface area contributed by atoms with Crippen molar-refractivity contribution >= 4 is 16.7 Å². The van der Waals surface area contributed by atoms with Crippen LogP contribution in [0.2, 0.25) is 0 Å². The molecule has 0 aliphatic heterocycles. The summed E-state index contributed by atoms with van der Waals surface area (Å²) in [5, 5.41) is 0. The lowest BCUT2D eigenvalue weighted by Gasteiger charge is -2.13. The summed E-state index contributed by atoms with van der Waals surface area (Å²) in [6, 6.07) is 2.73. The van der Waals surface area contributed by atoms with Crippen molar-refractivity contribution in [2.24, 2.45) is 0 Å². The molecule has 3 rings (SSSR count). The summed E-state index contributed by atoms with van der Waals surface area (Å²) < 4.78 is 86.2. The molecule has 0 amide bonds. The molecular weight excluding hydrogens is 376 g/mol. The largest absolute Gasteiger partial charge is 0.483 e. The van der Waals surface area contributed by atoms with Crippen LogP contribution in [0.3, 0.4) is 0 Å². The minimum Gasteiger partial charge on any atom is -0.483 e. The predicted octanol–water partition coefficient (Wildman–Crippen LogP) is 5.82. The van der Waals surface area contributed by atoms with Gasteiger partial charge in [-0.3, -0.25) is 0 Å². The van der Waals surface area contributed by atoms with E-state index in [1.165, 1.54) is 24.3 Å². The molecule has 27 heavy (non-hydrogen) atoms. The number of halogens is 6. The number of alkyl halides is 6. The monoisotopic (exact) mass is 387 g/mol. The van der Waals surface area contributed by atoms with E-state index < -0.39 is 24.5 Å². The van der Waals surface area contributed by atoms with Crippen molar-refractivity contribution < 1.29 is 35.5 Å². The zero-order valence-electron chi connectivity index (χ0n) is 13.5. The number of fused-ring (bicyclic) bond motifs is 1. The van der Waals surface area contributed by atoms with Gasteiger partial charge < -0.3 is 9.15 Å². The smallest absolute Gasteiger partial charge is 0.422 e. The zero-order chi connectivity index (χ0) is 19.8. The molecule has 3 nitrogen and oxygen atoms in total. The van der Waals surface area contributed by atoms with Crippen LogP contribution in [0.15, 0.2) is 64.8 Å². The molecule has 1 heterocycles. The van der Waals surface area contributed by atoms with Gasteiger partial charge >= 0.3 is 12.4 Å². The Kier molecular flexibility index (Phi) is 4.63. The van der Waals surface area contributed by atoms with E-state index in [1.807, 2.05) is 0 Å². The Hall–Kier alpha value is -2.97. The quantitative estimate of drug-likeness (QED) is 0.623. The normalized spacial score (nSPS) is 15.6. The van der Waals surface area contributed by atoms with E-state index in [4.69, 9.17) is 9.15 Å². The van der Waals surface area contributed by atoms with E-state index in [2.05, 4.69) is 11.6 Å². The van der Waals surface area contributed by atoms with Crippen molar-refractivity contribution in [3.63, 3.8) is 0 Å². The van der Waals surface area contributed by atoms with Crippen LogP contribution in [0.1, 0.15) is 11.5 Å². The molecule has 142 valence electrons. The van der Waals surface area contributed by atoms with Gasteiger partial charge in [-0.05, 0) is 35.9 Å². The van der Waals surface area contributed by atoms with Gasteiger partial charge in [-0.25, -0.2) is 4.98 Å². The Bertz CT molecular complexity index is 976. The van der Waals surface area contributed by atoms with Gasteiger partial charge in [0.05, 0.1) is 11.1 Å². The van der Waals surface area contributed by atoms with Crippen LogP contribution in [0, 0.1) is 0 Å². The van der Waals surface area contributed by atoms with Crippen LogP contribution >= 0.6 is 0 Å². The highest BCUT2D eigenvalue weighted by Gasteiger charge is 2.32. The Morgan fingerprint density at radius 3 is 2.52 bits per heavy atom. The number of benzene rings is 1. The zero-order valence-corrected chi connectivity index (χ0v) is 13.5. The summed E-state index contributed by atoms with van der Waals surface area (Å²) in [6.45, 7) is 2.09. The summed E-state index contributed by atoms with van der Waals surface area (Å²) in [7, 11) is 0. The molecule has 1 aromatic heterocycles. The number of hydrogen-bond donors (Lipinski definition) is 0. The molecule has 0 N–H and O–H groups in total. The molecule has 9 heteroatoms. The summed E-state index contributed by atoms with van der Waals surface area (Å²) in [5.74, 6) is -0.373. The minimum atomic E-state index is -4.57. The van der Waals surface area contributed by atoms with Gasteiger partial charge in [0.1, 0.15) is 11.3 Å². The Balaban J connectivity index is 2.01. The molecule has 1 aliphatic carbocycles. The highest BCUT2D eigenvalue weighted by Crippen LogP contribution is 2.34. The molecule has 0 fully saturated rings. The van der Waals surface area contributed by atoms with E-state index in [0.717, 1.165) is 18.2 Å². The lowest BCUT2D eigenvalue weighted by molar-refractivity contribution is -0.163. The van der Waals surface area contributed by atoms with Crippen LogP contribution in [0.5, 0.6) is 0 Å². The fraction of sp³-hybridized carbons (Fsp3) is 0.167. The third kappa shape index (κ3) is 4.42. The number of rotatable bonds is 3. The van der Waals surface area contributed by atoms with Crippen molar-refractivity contribution in [2.75, 3.05) is 6.61 Å². The number of hydrogen-bond acceptors (Lipinski definition) is 3. The second-order valence-electron chi connectivity index (χ2n) is 5.63. The van der Waals surface area contributed by atoms with Crippen LogP contribution < -0.4 is 0 Å². The van der Waals surface area contributed by atoms with Gasteiger partial charge in [-0.2, -0.15) is 26.3 Å². The molecule has 0 radical (unpaired) electrons. The topological polar surface area (TPSA) is 35.3 Å². The molecule has 0 unspecified atom stereocenters. The lowest BCUT2D eigenvalue weighted by atomic mass is 10.2. The van der Waals surface area contributed by atoms with Gasteiger partial charge in [0.2, 0.25) is 5.89 Å². The van der Waals surface area contributed by atoms with Crippen LogP contribution in [-0.2, 0) is 10.9 Å². The van der Waals surface area contributed by atoms with Gasteiger partial charge in [-0.1, -0.05) is 18.7 Å². The van der Waals surface area contributed by atoms with Crippen molar-refractivity contribution in [1.29, 1.82) is 0 Å². The Morgan fingerprint density at radius 1 is 1.11 bits per heavy atom. The third-order valence-electron chi connectivity index (χ3n) is 3.49. The fourth-order valence-electron chi connectivity index (χ4n) is 2.32. The predicted molar refractivity (Wildman–Crippen MR) is 85.4 cm³/mol. The number of oxazole rings is 1. The summed E-state index contributed by atoms with van der Waals surface area (Å²) in [5.41, 5.74) is -0.515. The lowest BCUT2D eigenvalue weighted by Crippen LogP contribution is -2.17. The van der Waals surface area contributed by atoms with Crippen molar-refractivity contribution in [3.05, 3.63) is 71.9 Å². The van der Waals surface area contributed by atoms with E-state index in [1.54, 1.807) is 0 Å². The van der Waals surface area contributed by atoms with E-state index in [9.17, 15) is 26.3 Å². The van der Waals surface area contributed by atoms with Gasteiger partial charge in [0, 0.05) is 0 Å². The molecule has 0 bridgehead atoms. The SMILES string of the molecule is C=C1C=CC=C(c2nc3cc(C(F)(F)F)ccc3o2)C(OCC(F)(F)F)=C1. The molecule has 2 aromatic rings.